The predicted octanol–water partition coefficient (Wildman–Crippen LogP) is 16.2. The van der Waals surface area contributed by atoms with E-state index >= 15 is 0 Å². The summed E-state index contributed by atoms with van der Waals surface area (Å²) in [6.45, 7) is 20.1. The number of nitrogens with one attached hydrogen (secondary N) is 1. The van der Waals surface area contributed by atoms with Gasteiger partial charge in [0, 0.05) is 147 Å². The third-order valence-corrected chi connectivity index (χ3v) is 24.4. The average Bonchev–Trinajstić information content (AvgIpc) is 1.63. The lowest BCUT2D eigenvalue weighted by Gasteiger charge is -2.18. The zero-order valence-corrected chi connectivity index (χ0v) is 70.6. The summed E-state index contributed by atoms with van der Waals surface area (Å²) in [7, 11) is -7.40. The Labute approximate surface area is 699 Å². The van der Waals surface area contributed by atoms with Crippen LogP contribution in [-0.4, -0.2) is 138 Å². The number of carboxylic acid groups (broad SMARTS) is 1. The average molecular weight is 1730 g/mol. The molecule has 0 amide bonds. The van der Waals surface area contributed by atoms with Gasteiger partial charge in [-0.2, -0.15) is 8.61 Å². The number of nitrogens with zero attached hydrogens (tertiary/aromatic N) is 5. The van der Waals surface area contributed by atoms with E-state index in [1.807, 2.05) is 26.0 Å². The van der Waals surface area contributed by atoms with Crippen LogP contribution < -0.4 is 5.32 Å². The predicted molar refractivity (Wildman–Crippen MR) is 448 cm³/mol. The summed E-state index contributed by atoms with van der Waals surface area (Å²) < 4.78 is 181. The van der Waals surface area contributed by atoms with Crippen LogP contribution in [0.15, 0.2) is 172 Å². The Morgan fingerprint density at radius 3 is 1.23 bits per heavy atom. The van der Waals surface area contributed by atoms with Gasteiger partial charge < -0.3 is 44.6 Å². The third kappa shape index (κ3) is 25.5. The van der Waals surface area contributed by atoms with Crippen molar-refractivity contribution in [2.24, 2.45) is 0 Å². The van der Waals surface area contributed by atoms with Gasteiger partial charge in [0.15, 0.2) is 12.1 Å². The number of aryl methyl sites for hydroxylation is 1. The molecule has 3 fully saturated rings. The molecule has 6 N–H and O–H groups in total. The number of rotatable bonds is 22. The van der Waals surface area contributed by atoms with E-state index in [1.165, 1.54) is 90.0 Å². The first kappa shape index (κ1) is 98.2. The lowest BCUT2D eigenvalue weighted by atomic mass is 9.95. The van der Waals surface area contributed by atoms with Gasteiger partial charge in [0.25, 0.3) is 0 Å². The van der Waals surface area contributed by atoms with Crippen molar-refractivity contribution in [3.05, 3.63) is 272 Å². The Balaban J connectivity index is 0.000000243. The van der Waals surface area contributed by atoms with E-state index in [1.54, 1.807) is 122 Å². The van der Waals surface area contributed by atoms with Crippen molar-refractivity contribution in [1.29, 1.82) is 0 Å². The van der Waals surface area contributed by atoms with Gasteiger partial charge in [0.05, 0.1) is 23.0 Å². The molecule has 31 heteroatoms. The second kappa shape index (κ2) is 45.7. The van der Waals surface area contributed by atoms with E-state index in [0.29, 0.717) is 106 Å². The highest BCUT2D eigenvalue weighted by Crippen LogP contribution is 2.40. The number of aliphatic carboxylic acids is 1. The molecule has 0 unspecified atom stereocenters. The fourth-order valence-corrected chi connectivity index (χ4v) is 17.8. The number of hydrogen-bond acceptors (Lipinski definition) is 13. The van der Waals surface area contributed by atoms with E-state index in [9.17, 15) is 81.0 Å². The van der Waals surface area contributed by atoms with E-state index in [2.05, 4.69) is 17.9 Å². The van der Waals surface area contributed by atoms with Crippen LogP contribution in [0.5, 0.6) is 0 Å². The number of ketones is 1. The Hall–Kier alpha value is -10.6. The number of benzene rings is 7. The molecular weight excluding hydrogens is 1630 g/mol. The van der Waals surface area contributed by atoms with Gasteiger partial charge in [-0.25, -0.2) is 52.0 Å². The van der Waals surface area contributed by atoms with Gasteiger partial charge in [0.2, 0.25) is 20.0 Å². The molecule has 0 saturated carbocycles. The Morgan fingerprint density at radius 2 is 0.858 bits per heavy atom. The quantitative estimate of drug-likeness (QED) is 0.0187. The first-order valence-corrected chi connectivity index (χ1v) is 41.6. The Bertz CT molecular complexity index is 5510. The molecule has 6 heterocycles. The van der Waals surface area contributed by atoms with E-state index in [-0.39, 0.29) is 88.3 Å². The monoisotopic (exact) mass is 1720 g/mol. The first-order chi connectivity index (χ1) is 56.1. The van der Waals surface area contributed by atoms with Crippen LogP contribution in [0.3, 0.4) is 0 Å². The van der Waals surface area contributed by atoms with Crippen molar-refractivity contribution >= 4 is 68.7 Å². The Kier molecular flexibility index (Phi) is 37.4. The lowest BCUT2D eigenvalue weighted by Crippen LogP contribution is -2.28. The second-order valence-corrected chi connectivity index (χ2v) is 32.3. The molecule has 20 nitrogen and oxygen atoms in total. The van der Waals surface area contributed by atoms with Crippen LogP contribution in [0, 0.1) is 88.1 Å². The number of esters is 2. The summed E-state index contributed by atoms with van der Waals surface area (Å²) in [5.41, 5.74) is 9.46. The number of aromatic nitrogens is 3. The fourth-order valence-electron chi connectivity index (χ4n) is 14.1. The van der Waals surface area contributed by atoms with Crippen LogP contribution in [-0.2, 0) is 81.2 Å². The number of ether oxygens (including phenoxy) is 2. The summed E-state index contributed by atoms with van der Waals surface area (Å²) in [4.78, 5) is 57.3. The smallest absolute Gasteiger partial charge is 0.325 e. The van der Waals surface area contributed by atoms with Gasteiger partial charge in [-0.05, 0) is 221 Å². The molecule has 7 aromatic carbocycles. The fraction of sp³-hybridized carbons (Fsp3) is 0.315. The van der Waals surface area contributed by atoms with Gasteiger partial charge in [-0.15, -0.1) is 12.6 Å². The summed E-state index contributed by atoms with van der Waals surface area (Å²) in [5.74, 6) is -7.46. The summed E-state index contributed by atoms with van der Waals surface area (Å²) in [6, 6.07) is 35.8. The van der Waals surface area contributed by atoms with E-state index in [0.717, 1.165) is 84.7 Å². The van der Waals surface area contributed by atoms with Gasteiger partial charge in [-0.3, -0.25) is 24.0 Å². The number of carbonyl (C=O) groups is 5. The highest BCUT2D eigenvalue weighted by Gasteiger charge is 2.33. The van der Waals surface area contributed by atoms with E-state index in [4.69, 9.17) is 9.47 Å². The lowest BCUT2D eigenvalue weighted by molar-refractivity contribution is -0.144. The standard InChI is InChI=1S/C27H30F2N2O4S.C25H26F2N2O4S.C16H17F2NO2.C10H8F2O.C7H6OS.C4H9N.2H2O/c1-4-35-26(32)17-31-18(2)23(27(19(31)3)22-12-11-21(28)16-24(22)29)15-20-9-5-6-10-25(20)36(33,34)30-13-7-8-14-30;1-16-21(13-18-7-3-4-8-23(18)34(32,33)28-11-5-6-12-28)25(17(2)29(16)15-24(30)31)20-10-9-19(26)14-22(20)27;1-4-21-16(20)9-19-10(2)7-14(11(19)3)13-6-5-12(17)8-15(13)18;1-7(13)2-3-8-4-5-9(11)6-10(8)12;8-5-6-3-1-2-4-7(6)9;1-2-4-5-3-1;;/h5-6,9-12,16H,4,7-8,13-15,17H2,1-3H3;3-4,7-10,14H,5-6,11-13,15H2,1-2H3,(H,30,31);5-8H,4,9H2,1-3H3;2-6H,1H3;1-5,9H;5H,1-4H2;2*1H2/b;;;3-2+;;;;. The number of thiol groups is 1. The van der Waals surface area contributed by atoms with Crippen LogP contribution in [0.4, 0.5) is 35.1 Å². The topological polar surface area (TPSA) is 289 Å². The summed E-state index contributed by atoms with van der Waals surface area (Å²) in [6.07, 6.45) is 9.73. The number of sulfonamides is 2. The number of allylic oxidation sites excluding steroid dienone is 1. The third-order valence-electron chi connectivity index (χ3n) is 20.0. The molecule has 0 spiro atoms. The molecule has 0 atom stereocenters. The zero-order chi connectivity index (χ0) is 86.3. The van der Waals surface area contributed by atoms with Crippen LogP contribution in [0.2, 0.25) is 0 Å². The molecule has 3 aromatic heterocycles. The van der Waals surface area contributed by atoms with Gasteiger partial charge in [0.1, 0.15) is 66.2 Å². The molecule has 644 valence electrons. The summed E-state index contributed by atoms with van der Waals surface area (Å²) >= 11 is 4.05. The van der Waals surface area contributed by atoms with Crippen LogP contribution >= 0.6 is 12.6 Å². The number of aldehydes is 1. The molecule has 0 bridgehead atoms. The molecule has 0 aliphatic carbocycles. The number of hydrogen-bond donors (Lipinski definition) is 3. The second-order valence-electron chi connectivity index (χ2n) is 28.0. The van der Waals surface area contributed by atoms with Crippen LogP contribution in [0.1, 0.15) is 132 Å². The maximum atomic E-state index is 15.0. The molecular formula is C89H100F8N6O14S3. The van der Waals surface area contributed by atoms with Crippen molar-refractivity contribution in [2.75, 3.05) is 52.5 Å². The van der Waals surface area contributed by atoms with Crippen molar-refractivity contribution < 1.29 is 101 Å². The largest absolute Gasteiger partial charge is 0.480 e. The van der Waals surface area contributed by atoms with Crippen LogP contribution in [0.25, 0.3) is 39.5 Å². The molecule has 3 aliphatic rings. The molecule has 10 aromatic rings. The molecule has 13 rings (SSSR count). The van der Waals surface area contributed by atoms with Crippen molar-refractivity contribution in [1.82, 2.24) is 27.6 Å². The highest BCUT2D eigenvalue weighted by atomic mass is 32.2. The minimum Gasteiger partial charge on any atom is -0.480 e. The molecule has 0 radical (unpaired) electrons. The van der Waals surface area contributed by atoms with Crippen molar-refractivity contribution in [3.63, 3.8) is 0 Å². The minimum absolute atomic E-state index is 0. The molecule has 120 heavy (non-hydrogen) atoms. The maximum Gasteiger partial charge on any atom is 0.325 e. The number of halogens is 8. The summed E-state index contributed by atoms with van der Waals surface area (Å²) in [5, 5.41) is 12.6. The minimum atomic E-state index is -3.71. The zero-order valence-electron chi connectivity index (χ0n) is 68.1. The number of carbonyl (C=O) groups excluding carboxylic acids is 4. The SMILES string of the molecule is C1CCNC1.CC(=O)/C=C/c1ccc(F)cc1F.CCOC(=O)Cn1c(C)c(Cc2ccccc2S(=O)(=O)N2CCCC2)c(-c2ccc(F)cc2F)c1C.CCOC(=O)Cn1c(C)cc(-c2ccc(F)cc2F)c1C.Cc1c(Cc2ccccc2S(=O)(=O)N2CCCC2)c(-c2ccc(F)cc2F)c(C)n1CC(=O)O.O.O.O=Cc1ccccc1S. The normalized spacial score (nSPS) is 13.2. The Morgan fingerprint density at radius 1 is 0.467 bits per heavy atom. The van der Waals surface area contributed by atoms with Crippen molar-refractivity contribution in [3.8, 4) is 33.4 Å². The van der Waals surface area contributed by atoms with E-state index < -0.39 is 78.5 Å². The molecule has 3 aliphatic heterocycles. The number of carboxylic acids is 1. The molecule has 3 saturated heterocycles. The van der Waals surface area contributed by atoms with Crippen molar-refractivity contribution in [2.45, 2.75) is 148 Å². The maximum absolute atomic E-state index is 15.0. The highest BCUT2D eigenvalue weighted by molar-refractivity contribution is 7.89. The van der Waals surface area contributed by atoms with Gasteiger partial charge >= 0.3 is 17.9 Å². The first-order valence-electron chi connectivity index (χ1n) is 38.3. The van der Waals surface area contributed by atoms with Gasteiger partial charge in [-0.1, -0.05) is 54.6 Å².